The van der Waals surface area contributed by atoms with Crippen molar-refractivity contribution >= 4 is 28.5 Å². The lowest BCUT2D eigenvalue weighted by molar-refractivity contribution is 0.0567. The molecule has 1 fully saturated rings. The minimum absolute atomic E-state index is 0.00824. The van der Waals surface area contributed by atoms with E-state index in [9.17, 15) is 9.18 Å². The summed E-state index contributed by atoms with van der Waals surface area (Å²) in [5.74, 6) is -0.0292. The predicted octanol–water partition coefficient (Wildman–Crippen LogP) is 0.960. The normalized spacial score (nSPS) is 19.6. The van der Waals surface area contributed by atoms with E-state index in [1.807, 2.05) is 34.9 Å². The topological polar surface area (TPSA) is 75.6 Å². The lowest BCUT2D eigenvalue weighted by Crippen LogP contribution is -2.55. The first-order chi connectivity index (χ1) is 12.9. The van der Waals surface area contributed by atoms with Crippen LogP contribution in [0.15, 0.2) is 48.5 Å². The molecule has 3 rings (SSSR count). The van der Waals surface area contributed by atoms with Crippen LogP contribution in [-0.2, 0) is 0 Å². The smallest absolute Gasteiger partial charge is 0.254 e. The highest BCUT2D eigenvalue weighted by atomic mass is 35.5. The summed E-state index contributed by atoms with van der Waals surface area (Å²) in [7, 11) is 0. The Bertz CT molecular complexity index is 960. The Kier molecular flexibility index (Phi) is 5.56. The molecular weight excluding hydrogens is 367 g/mol. The molecule has 0 aromatic heterocycles. The van der Waals surface area contributed by atoms with Crippen molar-refractivity contribution in [2.24, 2.45) is 11.5 Å². The molecule has 0 unspecified atom stereocenters. The van der Waals surface area contributed by atoms with Gasteiger partial charge < -0.3 is 21.3 Å². The summed E-state index contributed by atoms with van der Waals surface area (Å²) in [6.45, 7) is 3.55. The van der Waals surface area contributed by atoms with Crippen LogP contribution >= 0.6 is 11.6 Å². The maximum Gasteiger partial charge on any atom is 0.254 e. The number of rotatable bonds is 2. The predicted molar refractivity (Wildman–Crippen MR) is 105 cm³/mol. The minimum Gasteiger partial charge on any atom is -0.389 e. The summed E-state index contributed by atoms with van der Waals surface area (Å²) in [5, 5.41) is 1.00. The van der Waals surface area contributed by atoms with Gasteiger partial charge in [-0.1, -0.05) is 29.8 Å². The van der Waals surface area contributed by atoms with Crippen molar-refractivity contribution in [3.8, 4) is 0 Å². The second kappa shape index (κ2) is 7.88. The van der Waals surface area contributed by atoms with Crippen LogP contribution in [-0.4, -0.2) is 41.4 Å². The third-order valence-electron chi connectivity index (χ3n) is 4.76. The first-order valence-corrected chi connectivity index (χ1v) is 9.08. The lowest BCUT2D eigenvalue weighted by Gasteiger charge is -2.41. The van der Waals surface area contributed by atoms with Crippen LogP contribution in [0.2, 0.25) is 0 Å². The molecule has 0 spiro atoms. The highest BCUT2D eigenvalue weighted by Crippen LogP contribution is 2.15. The molecule has 2 aromatic rings. The molecule has 0 saturated carbocycles. The molecule has 0 aliphatic carbocycles. The number of hydrogen-bond donors (Lipinski definition) is 2. The van der Waals surface area contributed by atoms with E-state index < -0.39 is 5.82 Å². The molecule has 27 heavy (non-hydrogen) atoms. The maximum absolute atomic E-state index is 13.7. The second-order valence-corrected chi connectivity index (χ2v) is 6.99. The molecule has 1 saturated heterocycles. The zero-order valence-electron chi connectivity index (χ0n) is 15.0. The Morgan fingerprint density at radius 3 is 2.44 bits per heavy atom. The zero-order chi connectivity index (χ0) is 19.6. The van der Waals surface area contributed by atoms with Gasteiger partial charge in [0, 0.05) is 41.7 Å². The number of nitrogens with two attached hydrogens (primary N) is 2. The molecule has 1 aliphatic heterocycles. The molecular formula is C20H22ClFN4O. The van der Waals surface area contributed by atoms with Crippen molar-refractivity contribution in [1.82, 2.24) is 9.80 Å². The summed E-state index contributed by atoms with van der Waals surface area (Å²) < 4.78 is 13.7. The van der Waals surface area contributed by atoms with E-state index >= 15 is 0 Å². The van der Waals surface area contributed by atoms with E-state index in [4.69, 9.17) is 23.1 Å². The summed E-state index contributed by atoms with van der Waals surface area (Å²) in [6, 6.07) is 13.3. The van der Waals surface area contributed by atoms with Gasteiger partial charge in [-0.15, -0.1) is 0 Å². The average Bonchev–Trinajstić information content (AvgIpc) is 2.67. The van der Waals surface area contributed by atoms with Gasteiger partial charge in [0.05, 0.1) is 0 Å². The zero-order valence-corrected chi connectivity index (χ0v) is 15.8. The highest BCUT2D eigenvalue weighted by Gasteiger charge is 2.28. The van der Waals surface area contributed by atoms with Gasteiger partial charge in [0.2, 0.25) is 0 Å². The summed E-state index contributed by atoms with van der Waals surface area (Å²) in [5.41, 5.74) is 12.7. The van der Waals surface area contributed by atoms with E-state index in [1.54, 1.807) is 12.1 Å². The fraction of sp³-hybridized carbons (Fsp3) is 0.250. The van der Waals surface area contributed by atoms with Crippen LogP contribution < -0.4 is 21.9 Å². The molecule has 1 amide bonds. The van der Waals surface area contributed by atoms with Gasteiger partial charge in [-0.05, 0) is 37.3 Å². The Morgan fingerprint density at radius 2 is 1.81 bits per heavy atom. The standard InChI is InChI=1S/C20H22ClFN4O/c1-13-12-25(9-10-26(13)20(27)14-5-3-2-4-6-14)19(24)17-11-15(22)7-8-16(17)18(21)23/h2-8,11,13H,9-10,12,23-24H2,1H3/b18-16-,19-17+/t13-/m0/s1. The van der Waals surface area contributed by atoms with Crippen molar-refractivity contribution in [3.05, 3.63) is 70.3 Å². The van der Waals surface area contributed by atoms with Gasteiger partial charge in [0.15, 0.2) is 0 Å². The molecule has 5 nitrogen and oxygen atoms in total. The number of carbonyl (C=O) groups is 1. The van der Waals surface area contributed by atoms with Gasteiger partial charge in [0.1, 0.15) is 16.8 Å². The van der Waals surface area contributed by atoms with Crippen molar-refractivity contribution in [1.29, 1.82) is 0 Å². The van der Waals surface area contributed by atoms with Crippen LogP contribution in [0.3, 0.4) is 0 Å². The van der Waals surface area contributed by atoms with Gasteiger partial charge in [-0.2, -0.15) is 0 Å². The maximum atomic E-state index is 13.7. The van der Waals surface area contributed by atoms with E-state index in [2.05, 4.69) is 0 Å². The van der Waals surface area contributed by atoms with Crippen LogP contribution in [0.5, 0.6) is 0 Å². The van der Waals surface area contributed by atoms with E-state index in [0.717, 1.165) is 0 Å². The quantitative estimate of drug-likeness (QED) is 0.751. The van der Waals surface area contributed by atoms with Crippen LogP contribution in [0.25, 0.3) is 11.0 Å². The third kappa shape index (κ3) is 4.01. The van der Waals surface area contributed by atoms with Crippen LogP contribution in [0.4, 0.5) is 4.39 Å². The second-order valence-electron chi connectivity index (χ2n) is 6.58. The Labute approximate surface area is 162 Å². The number of amides is 1. The Morgan fingerprint density at radius 1 is 1.11 bits per heavy atom. The summed E-state index contributed by atoms with van der Waals surface area (Å²) in [6.07, 6.45) is 0. The van der Waals surface area contributed by atoms with Crippen molar-refractivity contribution < 1.29 is 9.18 Å². The number of nitrogens with zero attached hydrogens (tertiary/aromatic N) is 2. The fourth-order valence-corrected chi connectivity index (χ4v) is 3.50. The number of carbonyl (C=O) groups excluding carboxylic acids is 1. The SMILES string of the molecule is C[C@H]1CN(/C(N)=c2\cc(F)cc\c2=C(\N)Cl)CCN1C(=O)c1ccccc1. The number of halogens is 2. The molecule has 2 aromatic carbocycles. The fourth-order valence-electron chi connectivity index (χ4n) is 3.33. The summed E-state index contributed by atoms with van der Waals surface area (Å²) in [4.78, 5) is 16.5. The molecule has 1 atom stereocenters. The van der Waals surface area contributed by atoms with Gasteiger partial charge in [-0.3, -0.25) is 4.79 Å². The van der Waals surface area contributed by atoms with Crippen LogP contribution in [0, 0.1) is 5.82 Å². The van der Waals surface area contributed by atoms with E-state index in [1.165, 1.54) is 18.2 Å². The molecule has 1 aliphatic rings. The largest absolute Gasteiger partial charge is 0.389 e. The van der Waals surface area contributed by atoms with Gasteiger partial charge in [-0.25, -0.2) is 4.39 Å². The lowest BCUT2D eigenvalue weighted by atomic mass is 10.1. The number of hydrogen-bond acceptors (Lipinski definition) is 4. The highest BCUT2D eigenvalue weighted by molar-refractivity contribution is 6.44. The van der Waals surface area contributed by atoms with E-state index in [0.29, 0.717) is 41.5 Å². The monoisotopic (exact) mass is 388 g/mol. The van der Waals surface area contributed by atoms with Gasteiger partial charge in [0.25, 0.3) is 5.91 Å². The Balaban J connectivity index is 1.88. The van der Waals surface area contributed by atoms with E-state index in [-0.39, 0.29) is 17.1 Å². The number of benzene rings is 2. The molecule has 142 valence electrons. The number of piperazine rings is 1. The van der Waals surface area contributed by atoms with Gasteiger partial charge >= 0.3 is 0 Å². The minimum atomic E-state index is -0.416. The van der Waals surface area contributed by atoms with Crippen molar-refractivity contribution in [2.75, 3.05) is 19.6 Å². The molecule has 1 heterocycles. The van der Waals surface area contributed by atoms with Crippen molar-refractivity contribution in [2.45, 2.75) is 13.0 Å². The summed E-state index contributed by atoms with van der Waals surface area (Å²) >= 11 is 5.94. The third-order valence-corrected chi connectivity index (χ3v) is 4.97. The first-order valence-electron chi connectivity index (χ1n) is 8.70. The average molecular weight is 389 g/mol. The molecule has 4 N–H and O–H groups in total. The van der Waals surface area contributed by atoms with Crippen LogP contribution in [0.1, 0.15) is 17.3 Å². The Hall–Kier alpha value is -2.73. The van der Waals surface area contributed by atoms with Crippen molar-refractivity contribution in [3.63, 3.8) is 0 Å². The molecule has 0 bridgehead atoms. The molecule has 7 heteroatoms. The molecule has 0 radical (unpaired) electrons. The first kappa shape index (κ1) is 19.0.